The Morgan fingerprint density at radius 2 is 1.86 bits per heavy atom. The van der Waals surface area contributed by atoms with Gasteiger partial charge in [-0.2, -0.15) is 4.98 Å². The van der Waals surface area contributed by atoms with E-state index in [9.17, 15) is 0 Å². The van der Waals surface area contributed by atoms with Gasteiger partial charge in [0.1, 0.15) is 0 Å². The van der Waals surface area contributed by atoms with Crippen LogP contribution in [0.5, 0.6) is 0 Å². The van der Waals surface area contributed by atoms with Crippen molar-refractivity contribution < 1.29 is 4.52 Å². The largest absolute Gasteiger partial charge is 0.334 e. The summed E-state index contributed by atoms with van der Waals surface area (Å²) in [6, 6.07) is 14.3. The maximum absolute atomic E-state index is 5.35. The molecule has 0 saturated carbocycles. The SMILES string of the molecule is C[C@H](N[C@H](C)c1noc(-c2ccccc2)n1)c1cccs1. The number of thiophene rings is 1. The van der Waals surface area contributed by atoms with Crippen molar-refractivity contribution in [2.24, 2.45) is 0 Å². The summed E-state index contributed by atoms with van der Waals surface area (Å²) in [4.78, 5) is 5.78. The molecule has 1 N–H and O–H groups in total. The molecule has 0 fully saturated rings. The van der Waals surface area contributed by atoms with Gasteiger partial charge < -0.3 is 4.52 Å². The Morgan fingerprint density at radius 1 is 1.05 bits per heavy atom. The molecule has 21 heavy (non-hydrogen) atoms. The van der Waals surface area contributed by atoms with E-state index in [1.54, 1.807) is 11.3 Å². The number of benzene rings is 1. The van der Waals surface area contributed by atoms with Crippen LogP contribution in [-0.2, 0) is 0 Å². The van der Waals surface area contributed by atoms with Crippen LogP contribution in [0.25, 0.3) is 11.5 Å². The molecular weight excluding hydrogens is 282 g/mol. The van der Waals surface area contributed by atoms with E-state index in [0.717, 1.165) is 5.56 Å². The molecule has 2 heterocycles. The van der Waals surface area contributed by atoms with Gasteiger partial charge in [-0.05, 0) is 37.4 Å². The summed E-state index contributed by atoms with van der Waals surface area (Å²) in [7, 11) is 0. The Kier molecular flexibility index (Phi) is 4.13. The average Bonchev–Trinajstić information content (AvgIpc) is 3.20. The van der Waals surface area contributed by atoms with Crippen LogP contribution in [0, 0.1) is 0 Å². The second-order valence-electron chi connectivity index (χ2n) is 4.95. The number of rotatable bonds is 5. The van der Waals surface area contributed by atoms with Crippen LogP contribution in [0.2, 0.25) is 0 Å². The van der Waals surface area contributed by atoms with E-state index in [1.165, 1.54) is 4.88 Å². The number of nitrogens with one attached hydrogen (secondary N) is 1. The fourth-order valence-corrected chi connectivity index (χ4v) is 2.92. The lowest BCUT2D eigenvalue weighted by molar-refractivity contribution is 0.401. The molecule has 4 nitrogen and oxygen atoms in total. The molecule has 0 unspecified atom stereocenters. The standard InChI is InChI=1S/C16H17N3OS/c1-11(14-9-6-10-21-14)17-12(2)15-18-16(20-19-15)13-7-4-3-5-8-13/h3-12,17H,1-2H3/t11-,12+/m0/s1. The van der Waals surface area contributed by atoms with Crippen molar-refractivity contribution in [3.8, 4) is 11.5 Å². The number of nitrogens with zero attached hydrogens (tertiary/aromatic N) is 2. The van der Waals surface area contributed by atoms with Crippen molar-refractivity contribution in [1.29, 1.82) is 0 Å². The topological polar surface area (TPSA) is 51.0 Å². The van der Waals surface area contributed by atoms with Crippen molar-refractivity contribution in [3.63, 3.8) is 0 Å². The molecule has 0 bridgehead atoms. The van der Waals surface area contributed by atoms with Gasteiger partial charge in [0.05, 0.1) is 6.04 Å². The third kappa shape index (κ3) is 3.20. The molecule has 1 aromatic carbocycles. The van der Waals surface area contributed by atoms with E-state index in [-0.39, 0.29) is 12.1 Å². The maximum atomic E-state index is 5.35. The zero-order valence-corrected chi connectivity index (χ0v) is 12.8. The van der Waals surface area contributed by atoms with Gasteiger partial charge in [-0.15, -0.1) is 11.3 Å². The zero-order chi connectivity index (χ0) is 14.7. The summed E-state index contributed by atoms with van der Waals surface area (Å²) in [5, 5.41) is 9.65. The van der Waals surface area contributed by atoms with Gasteiger partial charge in [-0.25, -0.2) is 0 Å². The second-order valence-corrected chi connectivity index (χ2v) is 5.93. The Labute approximate surface area is 127 Å². The van der Waals surface area contributed by atoms with Gasteiger partial charge in [0.15, 0.2) is 5.82 Å². The Balaban J connectivity index is 1.71. The third-order valence-electron chi connectivity index (χ3n) is 3.32. The van der Waals surface area contributed by atoms with Gasteiger partial charge in [-0.1, -0.05) is 29.4 Å². The summed E-state index contributed by atoms with van der Waals surface area (Å²) in [6.45, 7) is 4.18. The third-order valence-corrected chi connectivity index (χ3v) is 4.37. The lowest BCUT2D eigenvalue weighted by Gasteiger charge is -2.16. The monoisotopic (exact) mass is 299 g/mol. The number of aromatic nitrogens is 2. The molecule has 2 aromatic heterocycles. The summed E-state index contributed by atoms with van der Waals surface area (Å²) >= 11 is 1.74. The normalized spacial score (nSPS) is 14.0. The van der Waals surface area contributed by atoms with E-state index in [0.29, 0.717) is 11.7 Å². The van der Waals surface area contributed by atoms with Crippen molar-refractivity contribution in [1.82, 2.24) is 15.5 Å². The van der Waals surface area contributed by atoms with E-state index in [4.69, 9.17) is 4.52 Å². The fourth-order valence-electron chi connectivity index (χ4n) is 2.18. The predicted octanol–water partition coefficient (Wildman–Crippen LogP) is 4.21. The molecule has 0 radical (unpaired) electrons. The van der Waals surface area contributed by atoms with Crippen LogP contribution in [0.15, 0.2) is 52.4 Å². The highest BCUT2D eigenvalue weighted by atomic mass is 32.1. The van der Waals surface area contributed by atoms with Gasteiger partial charge in [0.2, 0.25) is 0 Å². The summed E-state index contributed by atoms with van der Waals surface area (Å²) in [6.07, 6.45) is 0. The molecule has 0 saturated heterocycles. The molecule has 5 heteroatoms. The van der Waals surface area contributed by atoms with Gasteiger partial charge in [0.25, 0.3) is 5.89 Å². The molecule has 3 aromatic rings. The first-order valence-electron chi connectivity index (χ1n) is 6.92. The molecule has 2 atom stereocenters. The second kappa shape index (κ2) is 6.20. The Morgan fingerprint density at radius 3 is 2.57 bits per heavy atom. The van der Waals surface area contributed by atoms with Crippen molar-refractivity contribution in [2.45, 2.75) is 25.9 Å². The summed E-state index contributed by atoms with van der Waals surface area (Å²) < 4.78 is 5.35. The lowest BCUT2D eigenvalue weighted by atomic mass is 10.2. The highest BCUT2D eigenvalue weighted by Gasteiger charge is 2.17. The van der Waals surface area contributed by atoms with Gasteiger partial charge in [-0.3, -0.25) is 5.32 Å². The van der Waals surface area contributed by atoms with Crippen molar-refractivity contribution in [2.75, 3.05) is 0 Å². The highest BCUT2D eigenvalue weighted by molar-refractivity contribution is 7.10. The van der Waals surface area contributed by atoms with Crippen LogP contribution >= 0.6 is 11.3 Å². The minimum Gasteiger partial charge on any atom is -0.334 e. The Hall–Kier alpha value is -1.98. The van der Waals surface area contributed by atoms with Crippen LogP contribution in [0.1, 0.15) is 36.6 Å². The van der Waals surface area contributed by atoms with Crippen LogP contribution in [-0.4, -0.2) is 10.1 Å². The molecule has 108 valence electrons. The summed E-state index contributed by atoms with van der Waals surface area (Å²) in [5.74, 6) is 1.24. The minimum absolute atomic E-state index is 0.0308. The van der Waals surface area contributed by atoms with E-state index < -0.39 is 0 Å². The van der Waals surface area contributed by atoms with Crippen LogP contribution in [0.4, 0.5) is 0 Å². The van der Waals surface area contributed by atoms with Crippen molar-refractivity contribution in [3.05, 3.63) is 58.5 Å². The Bertz CT molecular complexity index is 679. The molecular formula is C16H17N3OS. The first kappa shape index (κ1) is 14.0. The zero-order valence-electron chi connectivity index (χ0n) is 12.0. The van der Waals surface area contributed by atoms with E-state index >= 15 is 0 Å². The van der Waals surface area contributed by atoms with Gasteiger partial charge >= 0.3 is 0 Å². The van der Waals surface area contributed by atoms with Crippen LogP contribution in [0.3, 0.4) is 0 Å². The molecule has 0 spiro atoms. The number of hydrogen-bond acceptors (Lipinski definition) is 5. The predicted molar refractivity (Wildman–Crippen MR) is 84.0 cm³/mol. The van der Waals surface area contributed by atoms with E-state index in [1.807, 2.05) is 37.3 Å². The molecule has 0 amide bonds. The molecule has 3 rings (SSSR count). The smallest absolute Gasteiger partial charge is 0.257 e. The quantitative estimate of drug-likeness (QED) is 0.766. The first-order valence-corrected chi connectivity index (χ1v) is 7.80. The average molecular weight is 299 g/mol. The highest BCUT2D eigenvalue weighted by Crippen LogP contribution is 2.23. The first-order chi connectivity index (χ1) is 10.2. The lowest BCUT2D eigenvalue weighted by Crippen LogP contribution is -2.22. The van der Waals surface area contributed by atoms with Crippen molar-refractivity contribution >= 4 is 11.3 Å². The van der Waals surface area contributed by atoms with Crippen LogP contribution < -0.4 is 5.32 Å². The minimum atomic E-state index is 0.0308. The maximum Gasteiger partial charge on any atom is 0.257 e. The molecule has 0 aliphatic carbocycles. The van der Waals surface area contributed by atoms with E-state index in [2.05, 4.69) is 39.9 Å². The molecule has 0 aliphatic rings. The van der Waals surface area contributed by atoms with Gasteiger partial charge in [0, 0.05) is 16.5 Å². The molecule has 0 aliphatic heterocycles. The fraction of sp³-hybridized carbons (Fsp3) is 0.250. The summed E-state index contributed by atoms with van der Waals surface area (Å²) in [5.41, 5.74) is 0.940. The number of hydrogen-bond donors (Lipinski definition) is 1.